The van der Waals surface area contributed by atoms with Crippen LogP contribution in [-0.4, -0.2) is 31.6 Å². The molecule has 0 bridgehead atoms. The second kappa shape index (κ2) is 5.08. The highest BCUT2D eigenvalue weighted by Gasteiger charge is 2.60. The Labute approximate surface area is 132 Å². The molecule has 0 saturated carbocycles. The summed E-state index contributed by atoms with van der Waals surface area (Å²) in [6.07, 6.45) is 5.74. The average Bonchev–Trinajstić information content (AvgIpc) is 3.28. The van der Waals surface area contributed by atoms with E-state index >= 15 is 0 Å². The zero-order valence-corrected chi connectivity index (χ0v) is 13.1. The van der Waals surface area contributed by atoms with Gasteiger partial charge in [-0.15, -0.1) is 0 Å². The smallest absolute Gasteiger partial charge is 0.146 e. The largest absolute Gasteiger partial charge is 0.356 e. The SMILES string of the molecule is CN(C)CCC1OC12c1ccccc1C=Cc1ccccc12. The maximum absolute atomic E-state index is 6.36. The Morgan fingerprint density at radius 3 is 2.00 bits per heavy atom. The lowest BCUT2D eigenvalue weighted by Crippen LogP contribution is -2.21. The molecular weight excluding hydrogens is 270 g/mol. The lowest BCUT2D eigenvalue weighted by atomic mass is 9.84. The molecule has 0 radical (unpaired) electrons. The van der Waals surface area contributed by atoms with Gasteiger partial charge in [-0.25, -0.2) is 0 Å². The van der Waals surface area contributed by atoms with Gasteiger partial charge in [0.25, 0.3) is 0 Å². The molecule has 2 aliphatic rings. The molecule has 4 rings (SSSR count). The van der Waals surface area contributed by atoms with Crippen LogP contribution in [0.25, 0.3) is 12.2 Å². The highest BCUT2D eigenvalue weighted by atomic mass is 16.6. The minimum atomic E-state index is -0.257. The molecule has 1 fully saturated rings. The summed E-state index contributed by atoms with van der Waals surface area (Å²) in [7, 11) is 4.23. The van der Waals surface area contributed by atoms with Crippen molar-refractivity contribution in [2.75, 3.05) is 20.6 Å². The molecule has 1 heterocycles. The number of benzene rings is 2. The fourth-order valence-electron chi connectivity index (χ4n) is 3.59. The van der Waals surface area contributed by atoms with E-state index in [9.17, 15) is 0 Å². The molecule has 22 heavy (non-hydrogen) atoms. The highest BCUT2D eigenvalue weighted by Crippen LogP contribution is 2.56. The van der Waals surface area contributed by atoms with E-state index < -0.39 is 0 Å². The Balaban J connectivity index is 1.82. The topological polar surface area (TPSA) is 15.8 Å². The molecule has 2 heteroatoms. The Morgan fingerprint density at radius 2 is 1.45 bits per heavy atom. The monoisotopic (exact) mass is 291 g/mol. The quantitative estimate of drug-likeness (QED) is 0.800. The Morgan fingerprint density at radius 1 is 0.909 bits per heavy atom. The van der Waals surface area contributed by atoms with Gasteiger partial charge in [-0.05, 0) is 42.8 Å². The fourth-order valence-corrected chi connectivity index (χ4v) is 3.59. The number of epoxide rings is 1. The second-order valence-electron chi connectivity index (χ2n) is 6.44. The first-order valence-electron chi connectivity index (χ1n) is 7.91. The van der Waals surface area contributed by atoms with Crippen LogP contribution in [0.3, 0.4) is 0 Å². The first-order chi connectivity index (χ1) is 10.7. The first-order valence-corrected chi connectivity index (χ1v) is 7.91. The predicted molar refractivity (Wildman–Crippen MR) is 90.6 cm³/mol. The summed E-state index contributed by atoms with van der Waals surface area (Å²) in [6, 6.07) is 17.2. The summed E-state index contributed by atoms with van der Waals surface area (Å²) in [5, 5.41) is 0. The van der Waals surface area contributed by atoms with Crippen molar-refractivity contribution in [1.29, 1.82) is 0 Å². The number of nitrogens with zero attached hydrogens (tertiary/aromatic N) is 1. The lowest BCUT2D eigenvalue weighted by molar-refractivity contribution is 0.308. The number of fused-ring (bicyclic) bond motifs is 4. The van der Waals surface area contributed by atoms with Crippen LogP contribution in [0, 0.1) is 0 Å². The van der Waals surface area contributed by atoms with Crippen LogP contribution in [0.5, 0.6) is 0 Å². The molecule has 2 aromatic rings. The molecule has 0 amide bonds. The van der Waals surface area contributed by atoms with Crippen molar-refractivity contribution < 1.29 is 4.74 Å². The van der Waals surface area contributed by atoms with E-state index in [-0.39, 0.29) is 11.7 Å². The van der Waals surface area contributed by atoms with Gasteiger partial charge >= 0.3 is 0 Å². The van der Waals surface area contributed by atoms with Crippen molar-refractivity contribution in [3.05, 3.63) is 70.8 Å². The van der Waals surface area contributed by atoms with Crippen LogP contribution >= 0.6 is 0 Å². The van der Waals surface area contributed by atoms with Crippen molar-refractivity contribution in [2.24, 2.45) is 0 Å². The van der Waals surface area contributed by atoms with Gasteiger partial charge in [0, 0.05) is 6.54 Å². The van der Waals surface area contributed by atoms with E-state index in [1.807, 2.05) is 0 Å². The van der Waals surface area contributed by atoms with E-state index in [4.69, 9.17) is 4.74 Å². The van der Waals surface area contributed by atoms with Crippen LogP contribution < -0.4 is 0 Å². The van der Waals surface area contributed by atoms with Crippen LogP contribution in [0.2, 0.25) is 0 Å². The van der Waals surface area contributed by atoms with E-state index in [0.29, 0.717) is 0 Å². The molecule has 1 aliphatic heterocycles. The van der Waals surface area contributed by atoms with Crippen molar-refractivity contribution in [3.8, 4) is 0 Å². The van der Waals surface area contributed by atoms with Gasteiger partial charge in [0.1, 0.15) is 5.60 Å². The summed E-state index contributed by atoms with van der Waals surface area (Å²) in [5.74, 6) is 0. The van der Waals surface area contributed by atoms with Gasteiger partial charge < -0.3 is 9.64 Å². The summed E-state index contributed by atoms with van der Waals surface area (Å²) in [5.41, 5.74) is 4.89. The maximum atomic E-state index is 6.36. The van der Waals surface area contributed by atoms with Crippen molar-refractivity contribution in [1.82, 2.24) is 4.90 Å². The summed E-state index contributed by atoms with van der Waals surface area (Å²) < 4.78 is 6.36. The number of ether oxygens (including phenoxy) is 1. The number of rotatable bonds is 3. The molecule has 1 atom stereocenters. The summed E-state index contributed by atoms with van der Waals surface area (Å²) in [4.78, 5) is 2.22. The van der Waals surface area contributed by atoms with Gasteiger partial charge in [0.05, 0.1) is 6.10 Å². The van der Waals surface area contributed by atoms with E-state index in [2.05, 4.69) is 79.7 Å². The molecule has 2 aromatic carbocycles. The van der Waals surface area contributed by atoms with Gasteiger partial charge in [-0.3, -0.25) is 0 Å². The van der Waals surface area contributed by atoms with Crippen LogP contribution in [-0.2, 0) is 10.3 Å². The highest BCUT2D eigenvalue weighted by molar-refractivity contribution is 5.78. The van der Waals surface area contributed by atoms with E-state index in [1.54, 1.807) is 0 Å². The molecule has 1 saturated heterocycles. The molecule has 1 spiro atoms. The molecule has 1 unspecified atom stereocenters. The third-order valence-corrected chi connectivity index (χ3v) is 4.73. The van der Waals surface area contributed by atoms with E-state index in [0.717, 1.165) is 13.0 Å². The van der Waals surface area contributed by atoms with Gasteiger partial charge in [-0.1, -0.05) is 60.7 Å². The van der Waals surface area contributed by atoms with Crippen molar-refractivity contribution in [3.63, 3.8) is 0 Å². The predicted octanol–water partition coefficient (Wildman–Crippen LogP) is 3.76. The molecular formula is C20H21NO. The molecule has 0 aromatic heterocycles. The Bertz CT molecular complexity index is 682. The summed E-state index contributed by atoms with van der Waals surface area (Å²) in [6.45, 7) is 1.05. The van der Waals surface area contributed by atoms with Crippen LogP contribution in [0.1, 0.15) is 28.7 Å². The Kier molecular flexibility index (Phi) is 3.17. The minimum Gasteiger partial charge on any atom is -0.356 e. The first kappa shape index (κ1) is 13.7. The summed E-state index contributed by atoms with van der Waals surface area (Å²) >= 11 is 0. The molecule has 1 aliphatic carbocycles. The van der Waals surface area contributed by atoms with E-state index in [1.165, 1.54) is 22.3 Å². The average molecular weight is 291 g/mol. The van der Waals surface area contributed by atoms with Gasteiger partial charge in [-0.2, -0.15) is 0 Å². The fraction of sp³-hybridized carbons (Fsp3) is 0.300. The Hall–Kier alpha value is -1.90. The third kappa shape index (κ3) is 2.03. The zero-order chi connectivity index (χ0) is 15.2. The van der Waals surface area contributed by atoms with Crippen molar-refractivity contribution in [2.45, 2.75) is 18.1 Å². The molecule has 0 N–H and O–H groups in total. The molecule has 2 nitrogen and oxygen atoms in total. The third-order valence-electron chi connectivity index (χ3n) is 4.73. The molecule has 112 valence electrons. The zero-order valence-electron chi connectivity index (χ0n) is 13.1. The minimum absolute atomic E-state index is 0.257. The maximum Gasteiger partial charge on any atom is 0.146 e. The van der Waals surface area contributed by atoms with Crippen molar-refractivity contribution >= 4 is 12.2 Å². The second-order valence-corrected chi connectivity index (χ2v) is 6.44. The lowest BCUT2D eigenvalue weighted by Gasteiger charge is -2.17. The number of hydrogen-bond donors (Lipinski definition) is 0. The van der Waals surface area contributed by atoms with Gasteiger partial charge in [0.15, 0.2) is 0 Å². The van der Waals surface area contributed by atoms with Crippen LogP contribution in [0.15, 0.2) is 48.5 Å². The van der Waals surface area contributed by atoms with Gasteiger partial charge in [0.2, 0.25) is 0 Å². The standard InChI is InChI=1S/C20H21NO/c1-21(2)14-13-19-20(22-19)17-9-5-3-7-15(17)11-12-16-8-4-6-10-18(16)20/h3-12,19H,13-14H2,1-2H3. The van der Waals surface area contributed by atoms with Crippen LogP contribution in [0.4, 0.5) is 0 Å². The number of hydrogen-bond acceptors (Lipinski definition) is 2. The normalized spacial score (nSPS) is 20.6.